The molecule has 1 aromatic carbocycles. The fraction of sp³-hybridized carbons (Fsp3) is 0.647. The molecule has 0 fully saturated rings. The summed E-state index contributed by atoms with van der Waals surface area (Å²) in [5.74, 6) is 1.60. The van der Waals surface area contributed by atoms with Crippen molar-refractivity contribution in [2.24, 2.45) is 5.41 Å². The Morgan fingerprint density at radius 1 is 1.10 bits per heavy atom. The molecular formula is C17H29NO3. The molecule has 4 nitrogen and oxygen atoms in total. The second-order valence-corrected chi connectivity index (χ2v) is 6.17. The largest absolute Gasteiger partial charge is 0.497 e. The van der Waals surface area contributed by atoms with E-state index in [2.05, 4.69) is 33.0 Å². The van der Waals surface area contributed by atoms with Crippen molar-refractivity contribution in [2.75, 3.05) is 27.9 Å². The Morgan fingerprint density at radius 2 is 1.76 bits per heavy atom. The number of nitrogens with one attached hydrogen (secondary N) is 1. The van der Waals surface area contributed by atoms with Gasteiger partial charge in [0.05, 0.1) is 26.4 Å². The van der Waals surface area contributed by atoms with E-state index in [0.29, 0.717) is 0 Å². The van der Waals surface area contributed by atoms with Crippen LogP contribution in [0.15, 0.2) is 18.2 Å². The predicted molar refractivity (Wildman–Crippen MR) is 86.2 cm³/mol. The molecule has 1 rings (SSSR count). The summed E-state index contributed by atoms with van der Waals surface area (Å²) < 4.78 is 16.6. The fourth-order valence-electron chi connectivity index (χ4n) is 2.66. The van der Waals surface area contributed by atoms with Crippen LogP contribution in [0.5, 0.6) is 11.5 Å². The molecular weight excluding hydrogens is 266 g/mol. The fourth-order valence-corrected chi connectivity index (χ4v) is 2.66. The van der Waals surface area contributed by atoms with Gasteiger partial charge in [-0.2, -0.15) is 0 Å². The van der Waals surface area contributed by atoms with Crippen LogP contribution in [-0.2, 0) is 4.74 Å². The molecule has 0 aliphatic heterocycles. The first-order valence-electron chi connectivity index (χ1n) is 7.37. The molecule has 0 saturated heterocycles. The average Bonchev–Trinajstić information content (AvgIpc) is 2.45. The highest BCUT2D eigenvalue weighted by Gasteiger charge is 2.34. The van der Waals surface area contributed by atoms with Crippen LogP contribution in [0.25, 0.3) is 0 Å². The monoisotopic (exact) mass is 295 g/mol. The summed E-state index contributed by atoms with van der Waals surface area (Å²) in [4.78, 5) is 0. The molecule has 21 heavy (non-hydrogen) atoms. The van der Waals surface area contributed by atoms with E-state index in [-0.39, 0.29) is 17.6 Å². The third-order valence-corrected chi connectivity index (χ3v) is 3.61. The SMILES string of the molecule is CCNC(c1ccc(OC)cc1OC)C(OC)C(C)(C)C. The lowest BCUT2D eigenvalue weighted by Gasteiger charge is -2.37. The van der Waals surface area contributed by atoms with Gasteiger partial charge >= 0.3 is 0 Å². The van der Waals surface area contributed by atoms with Crippen molar-refractivity contribution in [3.8, 4) is 11.5 Å². The average molecular weight is 295 g/mol. The van der Waals surface area contributed by atoms with E-state index < -0.39 is 0 Å². The van der Waals surface area contributed by atoms with E-state index in [1.165, 1.54) is 0 Å². The maximum absolute atomic E-state index is 5.79. The molecule has 0 aromatic heterocycles. The van der Waals surface area contributed by atoms with Crippen LogP contribution in [0.1, 0.15) is 39.3 Å². The minimum absolute atomic E-state index is 0.00647. The van der Waals surface area contributed by atoms with Gasteiger partial charge in [-0.3, -0.25) is 0 Å². The first-order valence-corrected chi connectivity index (χ1v) is 7.37. The maximum Gasteiger partial charge on any atom is 0.127 e. The standard InChI is InChI=1S/C17H29NO3/c1-8-18-15(16(21-7)17(2,3)4)13-10-9-12(19-5)11-14(13)20-6/h9-11,15-16,18H,8H2,1-7H3. The van der Waals surface area contributed by atoms with E-state index >= 15 is 0 Å². The Bertz CT molecular complexity index is 440. The number of hydrogen-bond donors (Lipinski definition) is 1. The number of rotatable bonds is 7. The highest BCUT2D eigenvalue weighted by Crippen LogP contribution is 2.37. The quantitative estimate of drug-likeness (QED) is 0.836. The van der Waals surface area contributed by atoms with Gasteiger partial charge in [0, 0.05) is 18.7 Å². The molecule has 2 atom stereocenters. The summed E-state index contributed by atoms with van der Waals surface area (Å²) in [5, 5.41) is 3.52. The number of benzene rings is 1. The molecule has 0 spiro atoms. The molecule has 0 aliphatic carbocycles. The molecule has 0 aliphatic rings. The smallest absolute Gasteiger partial charge is 0.127 e. The van der Waals surface area contributed by atoms with Crippen LogP contribution in [-0.4, -0.2) is 34.0 Å². The number of ether oxygens (including phenoxy) is 3. The van der Waals surface area contributed by atoms with Gasteiger partial charge in [0.1, 0.15) is 11.5 Å². The summed E-state index contributed by atoms with van der Waals surface area (Å²) in [6, 6.07) is 5.97. The van der Waals surface area contributed by atoms with Crippen molar-refractivity contribution >= 4 is 0 Å². The van der Waals surface area contributed by atoms with Crippen LogP contribution in [0.3, 0.4) is 0 Å². The van der Waals surface area contributed by atoms with Crippen molar-refractivity contribution in [3.05, 3.63) is 23.8 Å². The molecule has 2 unspecified atom stereocenters. The van der Waals surface area contributed by atoms with Gasteiger partial charge in [0.15, 0.2) is 0 Å². The molecule has 1 N–H and O–H groups in total. The van der Waals surface area contributed by atoms with Gasteiger partial charge in [-0.05, 0) is 24.1 Å². The van der Waals surface area contributed by atoms with E-state index in [4.69, 9.17) is 14.2 Å². The maximum atomic E-state index is 5.79. The second kappa shape index (κ2) is 7.66. The molecule has 1 aromatic rings. The lowest BCUT2D eigenvalue weighted by atomic mass is 9.81. The third-order valence-electron chi connectivity index (χ3n) is 3.61. The van der Waals surface area contributed by atoms with Crippen LogP contribution in [0.4, 0.5) is 0 Å². The first-order chi connectivity index (χ1) is 9.88. The van der Waals surface area contributed by atoms with Gasteiger partial charge in [0.25, 0.3) is 0 Å². The van der Waals surface area contributed by atoms with Gasteiger partial charge in [0.2, 0.25) is 0 Å². The number of methoxy groups -OCH3 is 3. The van der Waals surface area contributed by atoms with Crippen molar-refractivity contribution < 1.29 is 14.2 Å². The van der Waals surface area contributed by atoms with Crippen molar-refractivity contribution in [3.63, 3.8) is 0 Å². The zero-order valence-electron chi connectivity index (χ0n) is 14.3. The Hall–Kier alpha value is -1.26. The summed E-state index contributed by atoms with van der Waals surface area (Å²) >= 11 is 0. The third kappa shape index (κ3) is 4.35. The highest BCUT2D eigenvalue weighted by molar-refractivity contribution is 5.43. The normalized spacial score (nSPS) is 14.6. The van der Waals surface area contributed by atoms with Crippen LogP contribution in [0, 0.1) is 5.41 Å². The van der Waals surface area contributed by atoms with Crippen molar-refractivity contribution in [1.82, 2.24) is 5.32 Å². The summed E-state index contributed by atoms with van der Waals surface area (Å²) in [6.07, 6.45) is 0.0275. The van der Waals surface area contributed by atoms with Crippen LogP contribution >= 0.6 is 0 Å². The summed E-state index contributed by atoms with van der Waals surface area (Å²) in [5.41, 5.74) is 1.09. The predicted octanol–water partition coefficient (Wildman–Crippen LogP) is 3.42. The molecule has 4 heteroatoms. The van der Waals surface area contributed by atoms with Gasteiger partial charge in [-0.15, -0.1) is 0 Å². The van der Waals surface area contributed by atoms with Gasteiger partial charge < -0.3 is 19.5 Å². The molecule has 0 radical (unpaired) electrons. The van der Waals surface area contributed by atoms with E-state index in [1.807, 2.05) is 18.2 Å². The minimum Gasteiger partial charge on any atom is -0.497 e. The van der Waals surface area contributed by atoms with Crippen LogP contribution < -0.4 is 14.8 Å². The summed E-state index contributed by atoms with van der Waals surface area (Å²) in [6.45, 7) is 9.50. The summed E-state index contributed by atoms with van der Waals surface area (Å²) in [7, 11) is 5.10. The zero-order valence-corrected chi connectivity index (χ0v) is 14.3. The van der Waals surface area contributed by atoms with Crippen LogP contribution in [0.2, 0.25) is 0 Å². The highest BCUT2D eigenvalue weighted by atomic mass is 16.5. The first kappa shape index (κ1) is 17.8. The van der Waals surface area contributed by atoms with Gasteiger partial charge in [-0.1, -0.05) is 27.7 Å². The lowest BCUT2D eigenvalue weighted by molar-refractivity contribution is -0.0120. The minimum atomic E-state index is 0.00647. The zero-order chi connectivity index (χ0) is 16.0. The van der Waals surface area contributed by atoms with E-state index in [0.717, 1.165) is 23.6 Å². The molecule has 120 valence electrons. The van der Waals surface area contributed by atoms with E-state index in [9.17, 15) is 0 Å². The Balaban J connectivity index is 3.27. The topological polar surface area (TPSA) is 39.7 Å². The lowest BCUT2D eigenvalue weighted by Crippen LogP contribution is -2.41. The number of hydrogen-bond acceptors (Lipinski definition) is 4. The molecule has 0 bridgehead atoms. The second-order valence-electron chi connectivity index (χ2n) is 6.17. The Morgan fingerprint density at radius 3 is 2.19 bits per heavy atom. The molecule has 0 saturated carbocycles. The van der Waals surface area contributed by atoms with Gasteiger partial charge in [-0.25, -0.2) is 0 Å². The molecule has 0 amide bonds. The Kier molecular flexibility index (Phi) is 6.49. The van der Waals surface area contributed by atoms with Crippen molar-refractivity contribution in [1.29, 1.82) is 0 Å². The van der Waals surface area contributed by atoms with E-state index in [1.54, 1.807) is 21.3 Å². The number of likely N-dealkylation sites (N-methyl/N-ethyl adjacent to an activating group) is 1. The van der Waals surface area contributed by atoms with Crippen molar-refractivity contribution in [2.45, 2.75) is 39.8 Å². The molecule has 0 heterocycles. The Labute approximate surface area is 128 Å².